The third-order valence-electron chi connectivity index (χ3n) is 2.21. The fourth-order valence-corrected chi connectivity index (χ4v) is 1.59. The zero-order chi connectivity index (χ0) is 10.3. The summed E-state index contributed by atoms with van der Waals surface area (Å²) in [6.07, 6.45) is 3.33. The number of rotatable bonds is 0. The van der Waals surface area contributed by atoms with E-state index < -0.39 is 0 Å². The lowest BCUT2D eigenvalue weighted by Gasteiger charge is -2.13. The Balaban J connectivity index is 2.44. The van der Waals surface area contributed by atoms with E-state index in [-0.39, 0.29) is 5.84 Å². The van der Waals surface area contributed by atoms with Crippen molar-refractivity contribution in [3.8, 4) is 6.07 Å². The average Bonchev–Trinajstić information content (AvgIpc) is 2.29. The Morgan fingerprint density at radius 3 is 2.93 bits per heavy atom. The van der Waals surface area contributed by atoms with Crippen LogP contribution in [0.1, 0.15) is 0 Å². The molecule has 1 N–H and O–H groups in total. The van der Waals surface area contributed by atoms with Gasteiger partial charge in [0.1, 0.15) is 6.07 Å². The number of aromatic nitrogens is 2. The summed E-state index contributed by atoms with van der Waals surface area (Å²) in [4.78, 5) is 12.4. The first-order valence-electron chi connectivity index (χ1n) is 4.38. The molecular weight excluding hydrogens is 190 g/mol. The van der Waals surface area contributed by atoms with Crippen LogP contribution in [0.15, 0.2) is 29.5 Å². The van der Waals surface area contributed by atoms with Gasteiger partial charge < -0.3 is 5.32 Å². The minimum atomic E-state index is 0.258. The van der Waals surface area contributed by atoms with Crippen molar-refractivity contribution in [2.45, 2.75) is 0 Å². The summed E-state index contributed by atoms with van der Waals surface area (Å²) in [5, 5.41) is 12.6. The molecule has 0 spiro atoms. The highest BCUT2D eigenvalue weighted by molar-refractivity contribution is 6.16. The number of aliphatic imine (C=N–C) groups is 1. The summed E-state index contributed by atoms with van der Waals surface area (Å²) >= 11 is 0. The predicted molar refractivity (Wildman–Crippen MR) is 55.9 cm³/mol. The Morgan fingerprint density at radius 1 is 1.20 bits per heavy atom. The second-order valence-corrected chi connectivity index (χ2v) is 3.08. The van der Waals surface area contributed by atoms with Gasteiger partial charge in [0.2, 0.25) is 5.84 Å². The maximum Gasteiger partial charge on any atom is 0.212 e. The lowest BCUT2D eigenvalue weighted by molar-refractivity contribution is 1.27. The van der Waals surface area contributed by atoms with E-state index in [0.29, 0.717) is 5.82 Å². The van der Waals surface area contributed by atoms with Crippen LogP contribution < -0.4 is 5.32 Å². The Hall–Kier alpha value is -2.48. The summed E-state index contributed by atoms with van der Waals surface area (Å²) in [6.45, 7) is 0. The lowest BCUT2D eigenvalue weighted by atomic mass is 10.2. The number of nitrogens with one attached hydrogen (secondary N) is 1. The third kappa shape index (κ3) is 1.05. The molecule has 0 saturated carbocycles. The van der Waals surface area contributed by atoms with E-state index in [1.165, 1.54) is 0 Å². The molecule has 3 rings (SSSR count). The van der Waals surface area contributed by atoms with Gasteiger partial charge in [-0.25, -0.2) is 9.98 Å². The van der Waals surface area contributed by atoms with Crippen LogP contribution in [-0.4, -0.2) is 15.8 Å². The molecule has 0 saturated heterocycles. The molecule has 0 unspecified atom stereocenters. The van der Waals surface area contributed by atoms with Crippen molar-refractivity contribution in [1.82, 2.24) is 9.97 Å². The second-order valence-electron chi connectivity index (χ2n) is 3.08. The molecule has 2 aromatic rings. The number of pyridine rings is 2. The topological polar surface area (TPSA) is 74.0 Å². The fraction of sp³-hybridized carbons (Fsp3) is 0. The molecule has 0 fully saturated rings. The number of amidine groups is 1. The zero-order valence-corrected chi connectivity index (χ0v) is 7.60. The van der Waals surface area contributed by atoms with Crippen LogP contribution in [0.3, 0.4) is 0 Å². The van der Waals surface area contributed by atoms with Crippen LogP contribution in [0.25, 0.3) is 10.9 Å². The van der Waals surface area contributed by atoms with Gasteiger partial charge in [-0.1, -0.05) is 0 Å². The second kappa shape index (κ2) is 2.75. The van der Waals surface area contributed by atoms with Crippen LogP contribution in [-0.2, 0) is 0 Å². The Labute approximate surface area is 85.1 Å². The molecule has 3 heterocycles. The Kier molecular flexibility index (Phi) is 1.45. The largest absolute Gasteiger partial charge is 0.330 e. The molecule has 15 heavy (non-hydrogen) atoms. The van der Waals surface area contributed by atoms with Crippen LogP contribution in [0, 0.1) is 11.3 Å². The van der Waals surface area contributed by atoms with Gasteiger partial charge in [-0.15, -0.1) is 0 Å². The molecule has 0 radical (unpaired) electrons. The van der Waals surface area contributed by atoms with Gasteiger partial charge in [-0.05, 0) is 12.1 Å². The van der Waals surface area contributed by atoms with E-state index in [2.05, 4.69) is 20.3 Å². The average molecular weight is 195 g/mol. The van der Waals surface area contributed by atoms with Crippen LogP contribution in [0.2, 0.25) is 0 Å². The van der Waals surface area contributed by atoms with Crippen molar-refractivity contribution < 1.29 is 0 Å². The summed E-state index contributed by atoms with van der Waals surface area (Å²) in [5.74, 6) is 0.805. The lowest BCUT2D eigenvalue weighted by Crippen LogP contribution is -2.12. The Morgan fingerprint density at radius 2 is 2.07 bits per heavy atom. The van der Waals surface area contributed by atoms with Gasteiger partial charge in [-0.3, -0.25) is 4.98 Å². The van der Waals surface area contributed by atoms with Crippen molar-refractivity contribution in [1.29, 1.82) is 5.26 Å². The molecule has 0 atom stereocenters. The van der Waals surface area contributed by atoms with Gasteiger partial charge >= 0.3 is 0 Å². The molecule has 5 nitrogen and oxygen atoms in total. The highest BCUT2D eigenvalue weighted by atomic mass is 15.1. The molecule has 0 aliphatic carbocycles. The van der Waals surface area contributed by atoms with Gasteiger partial charge in [0, 0.05) is 12.4 Å². The molecule has 0 bridgehead atoms. The van der Waals surface area contributed by atoms with Crippen molar-refractivity contribution in [2.24, 2.45) is 4.99 Å². The first kappa shape index (κ1) is 7.88. The molecule has 0 aromatic carbocycles. The third-order valence-corrected chi connectivity index (χ3v) is 2.21. The summed E-state index contributed by atoms with van der Waals surface area (Å²) in [6, 6.07) is 5.59. The molecule has 1 aliphatic rings. The smallest absolute Gasteiger partial charge is 0.212 e. The molecule has 1 aliphatic heterocycles. The van der Waals surface area contributed by atoms with Crippen molar-refractivity contribution >= 4 is 28.2 Å². The van der Waals surface area contributed by atoms with Gasteiger partial charge in [-0.2, -0.15) is 5.26 Å². The van der Waals surface area contributed by atoms with Gasteiger partial charge in [0.05, 0.1) is 16.6 Å². The normalized spacial score (nSPS) is 12.9. The van der Waals surface area contributed by atoms with E-state index in [4.69, 9.17) is 5.26 Å². The zero-order valence-electron chi connectivity index (χ0n) is 7.60. The van der Waals surface area contributed by atoms with E-state index in [9.17, 15) is 0 Å². The highest BCUT2D eigenvalue weighted by Crippen LogP contribution is 2.32. The quantitative estimate of drug-likeness (QED) is 0.692. The van der Waals surface area contributed by atoms with Crippen LogP contribution >= 0.6 is 0 Å². The molecule has 70 valence electrons. The molecular formula is C10H5N5. The maximum atomic E-state index is 8.79. The monoisotopic (exact) mass is 195 g/mol. The molecule has 5 heteroatoms. The first-order valence-corrected chi connectivity index (χ1v) is 4.38. The van der Waals surface area contributed by atoms with Gasteiger partial charge in [0.25, 0.3) is 0 Å². The van der Waals surface area contributed by atoms with Crippen molar-refractivity contribution in [3.05, 3.63) is 24.5 Å². The molecule has 2 aromatic heterocycles. The number of nitriles is 1. The number of hydrogen-bond donors (Lipinski definition) is 1. The summed E-state index contributed by atoms with van der Waals surface area (Å²) in [5.41, 5.74) is 1.65. The summed E-state index contributed by atoms with van der Waals surface area (Å²) < 4.78 is 0. The molecule has 0 amide bonds. The van der Waals surface area contributed by atoms with Gasteiger partial charge in [0.15, 0.2) is 5.82 Å². The number of hydrogen-bond acceptors (Lipinski definition) is 5. The van der Waals surface area contributed by atoms with Crippen molar-refractivity contribution in [3.63, 3.8) is 0 Å². The Bertz CT molecular complexity index is 618. The van der Waals surface area contributed by atoms with E-state index in [1.54, 1.807) is 18.5 Å². The minimum Gasteiger partial charge on any atom is -0.330 e. The summed E-state index contributed by atoms with van der Waals surface area (Å²) in [7, 11) is 0. The fourth-order valence-electron chi connectivity index (χ4n) is 1.59. The minimum absolute atomic E-state index is 0.258. The maximum absolute atomic E-state index is 8.79. The first-order chi connectivity index (χ1) is 7.38. The van der Waals surface area contributed by atoms with Crippen LogP contribution in [0.5, 0.6) is 0 Å². The standard InChI is InChI=1S/C10H5N5/c11-5-8-14-7-2-3-12-6-1-4-13-10(15-8)9(6)7/h1-4H,(H,13,14,15). The number of nitrogens with zero attached hydrogens (tertiary/aromatic N) is 4. The number of anilines is 1. The predicted octanol–water partition coefficient (Wildman–Crippen LogP) is 1.61. The van der Waals surface area contributed by atoms with Crippen molar-refractivity contribution in [2.75, 3.05) is 5.32 Å². The SMILES string of the molecule is N#CC1=Nc2nccc3nccc(c23)N1. The highest BCUT2D eigenvalue weighted by Gasteiger charge is 2.14. The van der Waals surface area contributed by atoms with Crippen LogP contribution in [0.4, 0.5) is 11.5 Å². The van der Waals surface area contributed by atoms with E-state index in [0.717, 1.165) is 16.6 Å². The van der Waals surface area contributed by atoms with E-state index >= 15 is 0 Å². The van der Waals surface area contributed by atoms with E-state index in [1.807, 2.05) is 12.1 Å².